The third-order valence-electron chi connectivity index (χ3n) is 1.52. The van der Waals surface area contributed by atoms with Gasteiger partial charge in [0.15, 0.2) is 0 Å². The molecule has 0 atom stereocenters. The maximum Gasteiger partial charge on any atom is 0.294 e. The first-order chi connectivity index (χ1) is 6.22. The summed E-state index contributed by atoms with van der Waals surface area (Å²) in [6.45, 7) is 7.87. The first-order valence-corrected chi connectivity index (χ1v) is 4.64. The van der Waals surface area contributed by atoms with Crippen LogP contribution in [0.15, 0.2) is 10.7 Å². The molecule has 0 amide bonds. The molecule has 1 aromatic heterocycles. The van der Waals surface area contributed by atoms with E-state index >= 15 is 0 Å². The summed E-state index contributed by atoms with van der Waals surface area (Å²) in [4.78, 5) is 4.25. The Hall–Kier alpha value is -1.03. The molecule has 1 rings (SSSR count). The zero-order chi connectivity index (χ0) is 9.68. The number of nitrogens with zero attached hydrogens (tertiary/aromatic N) is 1. The highest BCUT2D eigenvalue weighted by molar-refractivity contribution is 5.22. The van der Waals surface area contributed by atoms with Gasteiger partial charge in [-0.2, -0.15) is 4.98 Å². The van der Waals surface area contributed by atoms with Crippen molar-refractivity contribution in [3.05, 3.63) is 12.0 Å². The fraction of sp³-hybridized carbons (Fsp3) is 0.667. The Labute approximate surface area is 78.7 Å². The minimum atomic E-state index is 0.352. The fourth-order valence-corrected chi connectivity index (χ4v) is 0.954. The van der Waals surface area contributed by atoms with Crippen molar-refractivity contribution in [3.63, 3.8) is 0 Å². The Balaban J connectivity index is 2.44. The van der Waals surface area contributed by atoms with Crippen molar-refractivity contribution in [1.82, 2.24) is 10.3 Å². The van der Waals surface area contributed by atoms with E-state index in [0.717, 1.165) is 18.8 Å². The molecule has 74 valence electrons. The molecule has 0 fully saturated rings. The maximum atomic E-state index is 5.21. The van der Waals surface area contributed by atoms with Gasteiger partial charge in [0.25, 0.3) is 6.01 Å². The van der Waals surface area contributed by atoms with Crippen LogP contribution in [-0.4, -0.2) is 17.6 Å². The predicted octanol–water partition coefficient (Wildman–Crippen LogP) is 1.60. The molecule has 0 spiro atoms. The van der Waals surface area contributed by atoms with Crippen LogP contribution in [0.4, 0.5) is 6.01 Å². The first-order valence-electron chi connectivity index (χ1n) is 4.64. The lowest BCUT2D eigenvalue weighted by atomic mass is 10.4. The predicted molar refractivity (Wildman–Crippen MR) is 52.6 cm³/mol. The molecular formula is C9H17N3O. The summed E-state index contributed by atoms with van der Waals surface area (Å²) in [6, 6.07) is 0.952. The molecule has 0 aliphatic heterocycles. The first kappa shape index (κ1) is 10.1. The number of aromatic nitrogens is 1. The normalized spacial score (nSPS) is 10.8. The molecule has 4 heteroatoms. The lowest BCUT2D eigenvalue weighted by Crippen LogP contribution is -2.13. The quantitative estimate of drug-likeness (QED) is 0.728. The zero-order valence-electron chi connectivity index (χ0n) is 8.42. The minimum absolute atomic E-state index is 0.352. The van der Waals surface area contributed by atoms with Crippen LogP contribution < -0.4 is 10.6 Å². The van der Waals surface area contributed by atoms with Crippen LogP contribution in [0, 0.1) is 0 Å². The highest BCUT2D eigenvalue weighted by Crippen LogP contribution is 2.07. The molecule has 0 radical (unpaired) electrons. The van der Waals surface area contributed by atoms with Gasteiger partial charge >= 0.3 is 0 Å². The lowest BCUT2D eigenvalue weighted by Gasteiger charge is -2.02. The van der Waals surface area contributed by atoms with Crippen molar-refractivity contribution < 1.29 is 4.42 Å². The number of nitrogens with one attached hydrogen (secondary N) is 2. The summed E-state index contributed by atoms with van der Waals surface area (Å²) in [6.07, 6.45) is 1.67. The highest BCUT2D eigenvalue weighted by Gasteiger charge is 2.03. The smallest absolute Gasteiger partial charge is 0.294 e. The van der Waals surface area contributed by atoms with Crippen molar-refractivity contribution in [3.8, 4) is 0 Å². The molecule has 13 heavy (non-hydrogen) atoms. The maximum absolute atomic E-state index is 5.21. The highest BCUT2D eigenvalue weighted by atomic mass is 16.4. The Morgan fingerprint density at radius 2 is 2.31 bits per heavy atom. The number of anilines is 1. The van der Waals surface area contributed by atoms with E-state index in [1.54, 1.807) is 6.26 Å². The van der Waals surface area contributed by atoms with E-state index in [2.05, 4.69) is 22.5 Å². The summed E-state index contributed by atoms with van der Waals surface area (Å²) >= 11 is 0. The number of oxazole rings is 1. The van der Waals surface area contributed by atoms with Crippen LogP contribution >= 0.6 is 0 Å². The van der Waals surface area contributed by atoms with Gasteiger partial charge in [-0.3, -0.25) is 0 Å². The number of hydrogen-bond acceptors (Lipinski definition) is 4. The Morgan fingerprint density at radius 1 is 1.54 bits per heavy atom. The average molecular weight is 183 g/mol. The standard InChI is InChI=1S/C9H17N3O/c1-4-10-5-8-6-13-9(12-8)11-7(2)3/h6-7,10H,4-5H2,1-3H3,(H,11,12). The van der Waals surface area contributed by atoms with Crippen molar-refractivity contribution in [2.45, 2.75) is 33.4 Å². The molecule has 0 bridgehead atoms. The summed E-state index contributed by atoms with van der Waals surface area (Å²) in [7, 11) is 0. The summed E-state index contributed by atoms with van der Waals surface area (Å²) in [5.41, 5.74) is 0.935. The van der Waals surface area contributed by atoms with Crippen LogP contribution in [-0.2, 0) is 6.54 Å². The Bertz CT molecular complexity index is 245. The monoisotopic (exact) mass is 183 g/mol. The number of hydrogen-bond donors (Lipinski definition) is 2. The van der Waals surface area contributed by atoms with Crippen LogP contribution in [0.5, 0.6) is 0 Å². The van der Waals surface area contributed by atoms with Gasteiger partial charge in [0.05, 0.1) is 5.69 Å². The van der Waals surface area contributed by atoms with E-state index in [4.69, 9.17) is 4.42 Å². The SMILES string of the molecule is CCNCc1coc(NC(C)C)n1. The van der Waals surface area contributed by atoms with Crippen LogP contribution in [0.3, 0.4) is 0 Å². The Morgan fingerprint density at radius 3 is 2.92 bits per heavy atom. The third-order valence-corrected chi connectivity index (χ3v) is 1.52. The van der Waals surface area contributed by atoms with Gasteiger partial charge in [-0.25, -0.2) is 0 Å². The molecule has 0 saturated carbocycles. The molecule has 2 N–H and O–H groups in total. The summed E-state index contributed by atoms with van der Waals surface area (Å²) in [5, 5.41) is 6.28. The average Bonchev–Trinajstić information content (AvgIpc) is 2.48. The largest absolute Gasteiger partial charge is 0.432 e. The second-order valence-electron chi connectivity index (χ2n) is 3.22. The molecule has 0 saturated heterocycles. The van der Waals surface area contributed by atoms with E-state index in [9.17, 15) is 0 Å². The van der Waals surface area contributed by atoms with Gasteiger partial charge < -0.3 is 15.1 Å². The Kier molecular flexibility index (Phi) is 3.76. The molecule has 0 aliphatic rings. The zero-order valence-corrected chi connectivity index (χ0v) is 8.42. The van der Waals surface area contributed by atoms with E-state index in [1.807, 2.05) is 13.8 Å². The second-order valence-corrected chi connectivity index (χ2v) is 3.22. The lowest BCUT2D eigenvalue weighted by molar-refractivity contribution is 0.561. The van der Waals surface area contributed by atoms with Crippen LogP contribution in [0.1, 0.15) is 26.5 Å². The van der Waals surface area contributed by atoms with Crippen molar-refractivity contribution in [2.75, 3.05) is 11.9 Å². The van der Waals surface area contributed by atoms with Gasteiger partial charge in [0.1, 0.15) is 6.26 Å². The van der Waals surface area contributed by atoms with Crippen molar-refractivity contribution in [1.29, 1.82) is 0 Å². The van der Waals surface area contributed by atoms with Crippen molar-refractivity contribution in [2.24, 2.45) is 0 Å². The molecule has 1 aromatic rings. The van der Waals surface area contributed by atoms with E-state index < -0.39 is 0 Å². The van der Waals surface area contributed by atoms with Gasteiger partial charge in [-0.05, 0) is 20.4 Å². The van der Waals surface area contributed by atoms with Crippen molar-refractivity contribution >= 4 is 6.01 Å². The summed E-state index contributed by atoms with van der Waals surface area (Å²) < 4.78 is 5.21. The minimum Gasteiger partial charge on any atom is -0.432 e. The fourth-order valence-electron chi connectivity index (χ4n) is 0.954. The molecular weight excluding hydrogens is 166 g/mol. The molecule has 0 aliphatic carbocycles. The molecule has 0 aromatic carbocycles. The second kappa shape index (κ2) is 4.87. The van der Waals surface area contributed by atoms with Crippen LogP contribution in [0.2, 0.25) is 0 Å². The van der Waals surface area contributed by atoms with Crippen LogP contribution in [0.25, 0.3) is 0 Å². The number of rotatable bonds is 5. The van der Waals surface area contributed by atoms with E-state index in [-0.39, 0.29) is 0 Å². The molecule has 1 heterocycles. The van der Waals surface area contributed by atoms with Gasteiger partial charge in [0.2, 0.25) is 0 Å². The summed E-state index contributed by atoms with van der Waals surface area (Å²) in [5.74, 6) is 0. The van der Waals surface area contributed by atoms with E-state index in [1.165, 1.54) is 0 Å². The van der Waals surface area contributed by atoms with E-state index in [0.29, 0.717) is 12.1 Å². The van der Waals surface area contributed by atoms with Gasteiger partial charge in [-0.15, -0.1) is 0 Å². The third kappa shape index (κ3) is 3.46. The molecule has 4 nitrogen and oxygen atoms in total. The molecule has 0 unspecified atom stereocenters. The topological polar surface area (TPSA) is 50.1 Å². The van der Waals surface area contributed by atoms with Gasteiger partial charge in [0, 0.05) is 12.6 Å². The van der Waals surface area contributed by atoms with Gasteiger partial charge in [-0.1, -0.05) is 6.92 Å².